The summed E-state index contributed by atoms with van der Waals surface area (Å²) in [6.45, 7) is 8.32. The van der Waals surface area contributed by atoms with E-state index in [1.165, 1.54) is 16.7 Å². The van der Waals surface area contributed by atoms with E-state index in [1.807, 2.05) is 194 Å². The average Bonchev–Trinajstić information content (AvgIpc) is 1.64. The van der Waals surface area contributed by atoms with Crippen LogP contribution < -0.4 is 0 Å². The van der Waals surface area contributed by atoms with Gasteiger partial charge in [0.25, 0.3) is 0 Å². The topological polar surface area (TPSA) is 151 Å². The molecule has 0 fully saturated rings. The Hall–Kier alpha value is -13.1. The molecule has 5 aromatic heterocycles. The second kappa shape index (κ2) is 25.5. The molecule has 0 bridgehead atoms. The molecule has 0 unspecified atom stereocenters. The molecule has 5 aliphatic carbocycles. The lowest BCUT2D eigenvalue weighted by Gasteiger charge is -2.06. The second-order valence-electron chi connectivity index (χ2n) is 25.1. The predicted octanol–water partition coefficient (Wildman–Crippen LogP) is 23.0. The Morgan fingerprint density at radius 1 is 0.250 bits per heavy atom. The number of ketones is 5. The minimum atomic E-state index is 0.0403. The molecule has 480 valence electrons. The van der Waals surface area contributed by atoms with Gasteiger partial charge in [-0.15, -0.1) is 0 Å². The van der Waals surface area contributed by atoms with Crippen molar-refractivity contribution in [2.24, 2.45) is 0 Å². The lowest BCUT2D eigenvalue weighted by atomic mass is 9.94. The Morgan fingerprint density at radius 3 is 0.920 bits per heavy atom. The summed E-state index contributed by atoms with van der Waals surface area (Å²) in [6.07, 6.45) is 18.4. The van der Waals surface area contributed by atoms with Crippen LogP contribution in [0.2, 0.25) is 0 Å². The van der Waals surface area contributed by atoms with E-state index in [0.29, 0.717) is 0 Å². The Bertz CT molecular complexity index is 6060. The first-order chi connectivity index (χ1) is 48.8. The van der Waals surface area contributed by atoms with Crippen LogP contribution in [-0.4, -0.2) is 28.9 Å². The summed E-state index contributed by atoms with van der Waals surface area (Å²) in [5, 5.41) is 4.64. The largest absolute Gasteiger partial charge is 0.455 e. The Balaban J connectivity index is 0.0000000973. The highest BCUT2D eigenvalue weighted by Crippen LogP contribution is 2.45. The lowest BCUT2D eigenvalue weighted by Crippen LogP contribution is -1.99. The predicted molar refractivity (Wildman–Crippen MR) is 399 cm³/mol. The van der Waals surface area contributed by atoms with Crippen LogP contribution in [0.25, 0.3) is 142 Å². The summed E-state index contributed by atoms with van der Waals surface area (Å²) in [6, 6.07) is 71.0. The smallest absolute Gasteiger partial charge is 0.186 e. The maximum atomic E-state index is 12.0. The van der Waals surface area contributed by atoms with Crippen LogP contribution in [0.15, 0.2) is 271 Å². The molecule has 20 rings (SSSR count). The number of carbonyl (C=O) groups excluding carboxylic acids is 5. The van der Waals surface area contributed by atoms with Crippen molar-refractivity contribution in [3.63, 3.8) is 0 Å². The van der Waals surface area contributed by atoms with E-state index in [2.05, 4.69) is 82.3 Å². The van der Waals surface area contributed by atoms with E-state index in [0.717, 1.165) is 179 Å². The molecule has 15 aromatic rings. The third-order valence-electron chi connectivity index (χ3n) is 18.7. The Labute approximate surface area is 574 Å². The highest BCUT2D eigenvalue weighted by atomic mass is 16.4. The fraction of sp³-hybridized carbons (Fsp3) is 0.0556. The Kier molecular flexibility index (Phi) is 15.8. The van der Waals surface area contributed by atoms with Gasteiger partial charge in [0.15, 0.2) is 28.9 Å². The molecule has 0 spiro atoms. The molecule has 100 heavy (non-hydrogen) atoms. The molecule has 0 saturated carbocycles. The molecule has 0 N–H and O–H groups in total. The zero-order valence-corrected chi connectivity index (χ0v) is 54.8. The molecule has 0 radical (unpaired) electrons. The number of benzene rings is 10. The van der Waals surface area contributed by atoms with Crippen molar-refractivity contribution in [1.82, 2.24) is 0 Å². The summed E-state index contributed by atoms with van der Waals surface area (Å²) < 4.78 is 30.0. The SMILES string of the molecule is CCc1ccc(-c2oc3cccc4c3c2C=CC4=O)cc1.Cc1ccc(-c2oc3cccc4c3c2C=CC4=O)cc1.Cc1cccc(-c2oc3cccc4c3c2C=CC4=O)c1.Cc1ccccc1-c1oc2cccc3c2c1C=CC3=O.O=C1C=Cc2c(-c3ccccc3)oc3cccc1c23. The number of aryl methyl sites for hydroxylation is 4. The van der Waals surface area contributed by atoms with Crippen molar-refractivity contribution in [2.75, 3.05) is 0 Å². The van der Waals surface area contributed by atoms with E-state index in [4.69, 9.17) is 22.1 Å². The maximum absolute atomic E-state index is 12.0. The number of furan rings is 5. The molecule has 0 saturated heterocycles. The highest BCUT2D eigenvalue weighted by molar-refractivity contribution is 6.24. The third-order valence-corrected chi connectivity index (χ3v) is 18.7. The monoisotopic (exact) mass is 1300 g/mol. The van der Waals surface area contributed by atoms with Crippen molar-refractivity contribution in [2.45, 2.75) is 34.1 Å². The van der Waals surface area contributed by atoms with E-state index < -0.39 is 0 Å². The van der Waals surface area contributed by atoms with Gasteiger partial charge in [-0.3, -0.25) is 24.0 Å². The molecular formula is C90H60O10. The third kappa shape index (κ3) is 11.0. The summed E-state index contributed by atoms with van der Waals surface area (Å²) in [5.74, 6) is 4.38. The summed E-state index contributed by atoms with van der Waals surface area (Å²) in [4.78, 5) is 59.7. The van der Waals surface area contributed by atoms with Crippen LogP contribution in [0.5, 0.6) is 0 Å². The van der Waals surface area contributed by atoms with E-state index >= 15 is 0 Å². The molecule has 0 amide bonds. The van der Waals surface area contributed by atoms with Gasteiger partial charge < -0.3 is 22.1 Å². The van der Waals surface area contributed by atoms with Crippen molar-refractivity contribution >= 4 is 114 Å². The average molecular weight is 1300 g/mol. The normalized spacial score (nSPS) is 13.1. The fourth-order valence-electron chi connectivity index (χ4n) is 13.8. The second-order valence-corrected chi connectivity index (χ2v) is 25.1. The molecule has 10 heteroatoms. The molecule has 5 aliphatic rings. The van der Waals surface area contributed by atoms with Crippen LogP contribution in [0.3, 0.4) is 0 Å². The van der Waals surface area contributed by atoms with Gasteiger partial charge >= 0.3 is 0 Å². The molecular weight excluding hydrogens is 1240 g/mol. The number of hydrogen-bond donors (Lipinski definition) is 0. The first-order valence-electron chi connectivity index (χ1n) is 33.1. The van der Waals surface area contributed by atoms with Gasteiger partial charge in [-0.05, 0) is 135 Å². The van der Waals surface area contributed by atoms with E-state index in [9.17, 15) is 24.0 Å². The quantitative estimate of drug-likeness (QED) is 0.157. The van der Waals surface area contributed by atoms with Crippen molar-refractivity contribution in [3.05, 3.63) is 327 Å². The van der Waals surface area contributed by atoms with Crippen molar-refractivity contribution in [3.8, 4) is 56.6 Å². The minimum absolute atomic E-state index is 0.0403. The van der Waals surface area contributed by atoms with E-state index in [-0.39, 0.29) is 28.9 Å². The van der Waals surface area contributed by atoms with Gasteiger partial charge in [0.1, 0.15) is 56.7 Å². The van der Waals surface area contributed by atoms with Gasteiger partial charge in [-0.25, -0.2) is 0 Å². The lowest BCUT2D eigenvalue weighted by molar-refractivity contribution is 0.104. The van der Waals surface area contributed by atoms with Crippen molar-refractivity contribution in [1.29, 1.82) is 0 Å². The molecule has 10 nitrogen and oxygen atoms in total. The van der Waals surface area contributed by atoms with Gasteiger partial charge in [0.05, 0.1) is 0 Å². The molecule has 0 aliphatic heterocycles. The van der Waals surface area contributed by atoms with Crippen LogP contribution in [-0.2, 0) is 6.42 Å². The first kappa shape index (κ1) is 61.8. The number of allylic oxidation sites excluding steroid dienone is 5. The minimum Gasteiger partial charge on any atom is -0.455 e. The number of hydrogen-bond acceptors (Lipinski definition) is 10. The van der Waals surface area contributed by atoms with Crippen LogP contribution in [0.1, 0.15) is 109 Å². The van der Waals surface area contributed by atoms with Gasteiger partial charge in [-0.2, -0.15) is 0 Å². The zero-order valence-electron chi connectivity index (χ0n) is 54.8. The first-order valence-corrected chi connectivity index (χ1v) is 33.1. The van der Waals surface area contributed by atoms with Gasteiger partial charge in [0.2, 0.25) is 0 Å². The van der Waals surface area contributed by atoms with Crippen LogP contribution >= 0.6 is 0 Å². The highest BCUT2D eigenvalue weighted by Gasteiger charge is 2.28. The molecule has 5 heterocycles. The van der Waals surface area contributed by atoms with Crippen LogP contribution in [0, 0.1) is 20.8 Å². The Morgan fingerprint density at radius 2 is 0.550 bits per heavy atom. The number of carbonyl (C=O) groups is 5. The standard InChI is InChI=1S/C19H14O2.3C18H12O2.C17H10O2/c1-2-12-6-8-13(9-7-12)19-15-10-11-16(20)14-4-3-5-17(21-19)18(14)15;1-11-4-2-5-12(10-11)18-14-8-9-15(19)13-6-3-7-16(20-18)17(13)14;1-11-5-2-3-6-12(11)18-14-9-10-15(19)13-7-4-8-16(20-18)17(13)14;1-11-5-7-12(8-6-11)18-14-9-10-15(19)13-3-2-4-16(20-18)17(13)14;18-14-10-9-13-16-12(14)7-4-8-15(16)19-17(13)11-5-2-1-3-6-11/h3-11H,2H2,1H3;3*2-10H,1H3;1-10H. The van der Waals surface area contributed by atoms with Crippen molar-refractivity contribution < 1.29 is 46.1 Å². The van der Waals surface area contributed by atoms with Gasteiger partial charge in [0, 0.05) is 110 Å². The van der Waals surface area contributed by atoms with E-state index in [1.54, 1.807) is 30.4 Å². The zero-order chi connectivity index (χ0) is 68.3. The summed E-state index contributed by atoms with van der Waals surface area (Å²) >= 11 is 0. The van der Waals surface area contributed by atoms with Gasteiger partial charge in [-0.1, -0.05) is 200 Å². The maximum Gasteiger partial charge on any atom is 0.186 e. The molecule has 0 atom stereocenters. The molecule has 10 aromatic carbocycles. The summed E-state index contributed by atoms with van der Waals surface area (Å²) in [7, 11) is 0. The summed E-state index contributed by atoms with van der Waals surface area (Å²) in [5.41, 5.74) is 22.6. The fourth-order valence-corrected chi connectivity index (χ4v) is 13.8. The van der Waals surface area contributed by atoms with Crippen LogP contribution in [0.4, 0.5) is 0 Å². The number of rotatable bonds is 6.